The Hall–Kier alpha value is -1.14. The van der Waals surface area contributed by atoms with Crippen LogP contribution in [0.1, 0.15) is 44.1 Å². The Morgan fingerprint density at radius 2 is 2.04 bits per heavy atom. The fourth-order valence-corrected chi connectivity index (χ4v) is 6.63. The number of thiophene rings is 1. The van der Waals surface area contributed by atoms with Crippen LogP contribution in [0.2, 0.25) is 0 Å². The smallest absolute Gasteiger partial charge is 0.235 e. The highest BCUT2D eigenvalue weighted by atomic mass is 32.2. The topological polar surface area (TPSA) is 46.1 Å². The minimum atomic E-state index is -0.104. The maximum atomic E-state index is 13.0. The van der Waals surface area contributed by atoms with E-state index in [0.29, 0.717) is 11.8 Å². The highest BCUT2D eigenvalue weighted by Gasteiger charge is 2.30. The number of carbonyl (C=O) groups excluding carboxylic acids is 1. The SMILES string of the molecule is CC1CC(C)CN(C(=O)C(C)Sc2ncnc3sc4c(c23)CCC4)C1. The first-order chi connectivity index (χ1) is 12.0. The van der Waals surface area contributed by atoms with Gasteiger partial charge < -0.3 is 4.90 Å². The molecule has 25 heavy (non-hydrogen) atoms. The molecule has 2 aromatic heterocycles. The Kier molecular flexibility index (Phi) is 4.75. The lowest BCUT2D eigenvalue weighted by atomic mass is 9.92. The van der Waals surface area contributed by atoms with Gasteiger partial charge in [0.15, 0.2) is 0 Å². The second-order valence-electron chi connectivity index (χ2n) is 7.67. The van der Waals surface area contributed by atoms with E-state index in [1.165, 1.54) is 35.1 Å². The zero-order chi connectivity index (χ0) is 17.6. The lowest BCUT2D eigenvalue weighted by Gasteiger charge is -2.36. The number of thioether (sulfide) groups is 1. The number of hydrogen-bond acceptors (Lipinski definition) is 5. The summed E-state index contributed by atoms with van der Waals surface area (Å²) in [5.74, 6) is 1.44. The number of amides is 1. The lowest BCUT2D eigenvalue weighted by Crippen LogP contribution is -2.45. The van der Waals surface area contributed by atoms with Crippen LogP contribution in [-0.4, -0.2) is 39.1 Å². The molecule has 2 aliphatic rings. The van der Waals surface area contributed by atoms with Gasteiger partial charge in [-0.25, -0.2) is 9.97 Å². The van der Waals surface area contributed by atoms with Gasteiger partial charge >= 0.3 is 0 Å². The normalized spacial score (nSPS) is 24.5. The Bertz CT molecular complexity index is 793. The summed E-state index contributed by atoms with van der Waals surface area (Å²) < 4.78 is 0. The van der Waals surface area contributed by atoms with Crippen molar-refractivity contribution in [1.82, 2.24) is 14.9 Å². The molecule has 6 heteroatoms. The first kappa shape index (κ1) is 17.3. The highest BCUT2D eigenvalue weighted by Crippen LogP contribution is 2.41. The van der Waals surface area contributed by atoms with Crippen molar-refractivity contribution in [2.45, 2.75) is 56.7 Å². The van der Waals surface area contributed by atoms with Gasteiger partial charge in [0.25, 0.3) is 0 Å². The molecule has 3 atom stereocenters. The summed E-state index contributed by atoms with van der Waals surface area (Å²) in [6.07, 6.45) is 6.39. The molecule has 0 spiro atoms. The molecule has 0 saturated carbocycles. The van der Waals surface area contributed by atoms with E-state index in [0.717, 1.165) is 29.4 Å². The summed E-state index contributed by atoms with van der Waals surface area (Å²) in [7, 11) is 0. The predicted molar refractivity (Wildman–Crippen MR) is 104 cm³/mol. The van der Waals surface area contributed by atoms with Crippen LogP contribution < -0.4 is 0 Å². The number of carbonyl (C=O) groups is 1. The molecule has 4 nitrogen and oxygen atoms in total. The van der Waals surface area contributed by atoms with Crippen LogP contribution in [0, 0.1) is 11.8 Å². The van der Waals surface area contributed by atoms with Crippen molar-refractivity contribution in [3.05, 3.63) is 16.8 Å². The van der Waals surface area contributed by atoms with Crippen LogP contribution in [-0.2, 0) is 17.6 Å². The van der Waals surface area contributed by atoms with Crippen LogP contribution in [0.5, 0.6) is 0 Å². The van der Waals surface area contributed by atoms with Crippen LogP contribution in [0.15, 0.2) is 11.4 Å². The third-order valence-corrected chi connectivity index (χ3v) is 7.57. The van der Waals surface area contributed by atoms with Crippen molar-refractivity contribution in [3.63, 3.8) is 0 Å². The summed E-state index contributed by atoms with van der Waals surface area (Å²) in [5.41, 5.74) is 1.43. The summed E-state index contributed by atoms with van der Waals surface area (Å²) in [5, 5.41) is 2.10. The van der Waals surface area contributed by atoms with Crippen molar-refractivity contribution in [1.29, 1.82) is 0 Å². The zero-order valence-electron chi connectivity index (χ0n) is 15.1. The van der Waals surface area contributed by atoms with E-state index in [-0.39, 0.29) is 11.2 Å². The molecular weight excluding hydrogens is 350 g/mol. The summed E-state index contributed by atoms with van der Waals surface area (Å²) >= 11 is 3.42. The third-order valence-electron chi connectivity index (χ3n) is 5.28. The Labute approximate surface area is 157 Å². The van der Waals surface area contributed by atoms with E-state index >= 15 is 0 Å². The van der Waals surface area contributed by atoms with E-state index in [1.807, 2.05) is 6.92 Å². The van der Waals surface area contributed by atoms with Gasteiger partial charge in [-0.15, -0.1) is 11.3 Å². The van der Waals surface area contributed by atoms with Gasteiger partial charge in [0, 0.05) is 23.4 Å². The van der Waals surface area contributed by atoms with Gasteiger partial charge in [-0.2, -0.15) is 0 Å². The predicted octanol–water partition coefficient (Wildman–Crippen LogP) is 4.17. The molecule has 0 bridgehead atoms. The number of rotatable bonds is 3. The van der Waals surface area contributed by atoms with Gasteiger partial charge in [0.1, 0.15) is 16.2 Å². The minimum Gasteiger partial charge on any atom is -0.341 e. The van der Waals surface area contributed by atoms with E-state index < -0.39 is 0 Å². The maximum absolute atomic E-state index is 13.0. The lowest BCUT2D eigenvalue weighted by molar-refractivity contribution is -0.132. The molecule has 1 aliphatic heterocycles. The van der Waals surface area contributed by atoms with Crippen molar-refractivity contribution in [3.8, 4) is 0 Å². The molecule has 1 amide bonds. The molecule has 134 valence electrons. The first-order valence-corrected chi connectivity index (χ1v) is 10.9. The van der Waals surface area contributed by atoms with E-state index in [9.17, 15) is 4.79 Å². The van der Waals surface area contributed by atoms with E-state index in [2.05, 4.69) is 28.7 Å². The third kappa shape index (κ3) is 3.31. The van der Waals surface area contributed by atoms with Crippen LogP contribution >= 0.6 is 23.1 Å². The van der Waals surface area contributed by atoms with Crippen molar-refractivity contribution < 1.29 is 4.79 Å². The van der Waals surface area contributed by atoms with Gasteiger partial charge in [0.2, 0.25) is 5.91 Å². The average Bonchev–Trinajstić information content (AvgIpc) is 3.14. The number of piperidine rings is 1. The van der Waals surface area contributed by atoms with Crippen LogP contribution in [0.25, 0.3) is 10.2 Å². The molecule has 0 N–H and O–H groups in total. The molecule has 0 aromatic carbocycles. The van der Waals surface area contributed by atoms with Crippen molar-refractivity contribution >= 4 is 39.2 Å². The summed E-state index contributed by atoms with van der Waals surface area (Å²) in [6, 6.07) is 0. The van der Waals surface area contributed by atoms with Gasteiger partial charge in [-0.1, -0.05) is 25.6 Å². The second kappa shape index (κ2) is 6.88. The van der Waals surface area contributed by atoms with Crippen molar-refractivity contribution in [2.75, 3.05) is 13.1 Å². The summed E-state index contributed by atoms with van der Waals surface area (Å²) in [6.45, 7) is 8.30. The number of fused-ring (bicyclic) bond motifs is 3. The van der Waals surface area contributed by atoms with Gasteiger partial charge in [0.05, 0.1) is 5.25 Å². The average molecular weight is 376 g/mol. The second-order valence-corrected chi connectivity index (χ2v) is 10.1. The van der Waals surface area contributed by atoms with E-state index in [1.54, 1.807) is 29.4 Å². The zero-order valence-corrected chi connectivity index (χ0v) is 16.8. The number of aryl methyl sites for hydroxylation is 2. The monoisotopic (exact) mass is 375 g/mol. The molecule has 4 rings (SSSR count). The fourth-order valence-electron chi connectivity index (χ4n) is 4.31. The van der Waals surface area contributed by atoms with E-state index in [4.69, 9.17) is 0 Å². The highest BCUT2D eigenvalue weighted by molar-refractivity contribution is 8.00. The van der Waals surface area contributed by atoms with Gasteiger partial charge in [-0.3, -0.25) is 4.79 Å². The molecule has 0 radical (unpaired) electrons. The standard InChI is InChI=1S/C19H25N3OS2/c1-11-7-12(2)9-22(8-11)19(23)13(3)24-17-16-14-5-4-6-15(14)25-18(16)21-10-20-17/h10-13H,4-9H2,1-3H3. The molecule has 1 fully saturated rings. The maximum Gasteiger partial charge on any atom is 0.235 e. The fraction of sp³-hybridized carbons (Fsp3) is 0.632. The Balaban J connectivity index is 1.56. The van der Waals surface area contributed by atoms with Crippen molar-refractivity contribution in [2.24, 2.45) is 11.8 Å². The molecule has 3 heterocycles. The Morgan fingerprint density at radius 3 is 2.80 bits per heavy atom. The molecule has 2 aromatic rings. The number of hydrogen-bond donors (Lipinski definition) is 0. The van der Waals surface area contributed by atoms with Gasteiger partial charge in [-0.05, 0) is 50.0 Å². The van der Waals surface area contributed by atoms with Crippen LogP contribution in [0.4, 0.5) is 0 Å². The first-order valence-electron chi connectivity index (χ1n) is 9.23. The molecule has 1 aliphatic carbocycles. The largest absolute Gasteiger partial charge is 0.341 e. The number of aromatic nitrogens is 2. The molecular formula is C19H25N3OS2. The quantitative estimate of drug-likeness (QED) is 0.597. The Morgan fingerprint density at radius 1 is 1.28 bits per heavy atom. The molecule has 3 unspecified atom stereocenters. The minimum absolute atomic E-state index is 0.104. The summed E-state index contributed by atoms with van der Waals surface area (Å²) in [4.78, 5) is 26.6. The number of nitrogens with zero attached hydrogens (tertiary/aromatic N) is 3. The van der Waals surface area contributed by atoms with Crippen LogP contribution in [0.3, 0.4) is 0 Å². The molecule has 1 saturated heterocycles. The number of likely N-dealkylation sites (tertiary alicyclic amines) is 1.